The van der Waals surface area contributed by atoms with E-state index in [0.717, 1.165) is 21.5 Å². The van der Waals surface area contributed by atoms with Gasteiger partial charge in [0, 0.05) is 49.6 Å². The van der Waals surface area contributed by atoms with Crippen molar-refractivity contribution in [3.05, 3.63) is 255 Å². The molecule has 3 heterocycles. The summed E-state index contributed by atoms with van der Waals surface area (Å²) in [6.45, 7) is 44.3. The van der Waals surface area contributed by atoms with Crippen LogP contribution >= 0.6 is 0 Å². The maximum absolute atomic E-state index is 10.1. The first-order valence-corrected chi connectivity index (χ1v) is 25.2. The predicted molar refractivity (Wildman–Crippen MR) is 318 cm³/mol. The summed E-state index contributed by atoms with van der Waals surface area (Å²) in [6, 6.07) is 58.5. The van der Waals surface area contributed by atoms with E-state index in [0.29, 0.717) is 146 Å². The molecule has 0 unspecified atom stereocenters. The Morgan fingerprint density at radius 1 is 0.341 bits per heavy atom. The number of hydrogen-bond donors (Lipinski definition) is 0. The lowest BCUT2D eigenvalue weighted by Gasteiger charge is -2.20. The average Bonchev–Trinajstić information content (AvgIpc) is 3.67. The highest BCUT2D eigenvalue weighted by molar-refractivity contribution is 6.14. The summed E-state index contributed by atoms with van der Waals surface area (Å²) in [7, 11) is 0. The molecule has 0 aliphatic rings. The molecule has 12 rings (SSSR count). The third kappa shape index (κ3) is 8.55. The summed E-state index contributed by atoms with van der Waals surface area (Å²) >= 11 is 0. The molecule has 3 aromatic heterocycles. The molecule has 12 aromatic rings. The fourth-order valence-electron chi connectivity index (χ4n) is 10.9. The van der Waals surface area contributed by atoms with Crippen molar-refractivity contribution in [1.82, 2.24) is 19.1 Å². The van der Waals surface area contributed by atoms with Crippen LogP contribution in [0.25, 0.3) is 135 Å². The van der Waals surface area contributed by atoms with Crippen molar-refractivity contribution in [2.45, 2.75) is 13.8 Å². The number of rotatable bonds is 7. The smallest absolute Gasteiger partial charge is 0.200 e. The fourth-order valence-corrected chi connectivity index (χ4v) is 10.9. The molecule has 0 saturated heterocycles. The number of nitrogens with zero attached hydrogens (tertiary/aromatic N) is 13. The predicted octanol–water partition coefficient (Wildman–Crippen LogP) is 17.9. The van der Waals surface area contributed by atoms with Gasteiger partial charge in [-0.05, 0) is 155 Å². The van der Waals surface area contributed by atoms with Crippen LogP contribution in [0.3, 0.4) is 0 Å². The zero-order valence-electron chi connectivity index (χ0n) is 43.4. The Balaban J connectivity index is 1.28. The summed E-state index contributed by atoms with van der Waals surface area (Å²) in [4.78, 5) is 28.8. The molecule has 0 saturated carbocycles. The zero-order chi connectivity index (χ0) is 56.9. The van der Waals surface area contributed by atoms with Crippen LogP contribution in [0.2, 0.25) is 0 Å². The molecule has 374 valence electrons. The summed E-state index contributed by atoms with van der Waals surface area (Å²) in [5.74, 6) is 0.325. The molecule has 0 radical (unpaired) electrons. The van der Waals surface area contributed by atoms with Gasteiger partial charge in [-0.1, -0.05) is 66.7 Å². The van der Waals surface area contributed by atoms with Crippen LogP contribution in [0.15, 0.2) is 164 Å². The van der Waals surface area contributed by atoms with Crippen LogP contribution in [0, 0.1) is 92.0 Å². The van der Waals surface area contributed by atoms with E-state index < -0.39 is 0 Å². The van der Waals surface area contributed by atoms with E-state index in [9.17, 15) is 21.0 Å². The van der Waals surface area contributed by atoms with Crippen molar-refractivity contribution in [2.75, 3.05) is 0 Å². The molecular formula is C69H33N13. The van der Waals surface area contributed by atoms with E-state index in [1.54, 1.807) is 72.8 Å². The van der Waals surface area contributed by atoms with E-state index in [4.69, 9.17) is 42.8 Å². The molecule has 0 atom stereocenters. The molecule has 9 aromatic carbocycles. The second kappa shape index (κ2) is 19.9. The van der Waals surface area contributed by atoms with Gasteiger partial charge in [-0.2, -0.15) is 21.0 Å². The molecule has 0 fully saturated rings. The maximum atomic E-state index is 10.1. The first-order valence-electron chi connectivity index (χ1n) is 25.2. The normalized spacial score (nSPS) is 10.7. The largest absolute Gasteiger partial charge is 0.308 e. The van der Waals surface area contributed by atoms with Crippen molar-refractivity contribution in [3.63, 3.8) is 0 Å². The molecule has 0 spiro atoms. The lowest BCUT2D eigenvalue weighted by molar-refractivity contribution is 1.06. The third-order valence-corrected chi connectivity index (χ3v) is 14.5. The van der Waals surface area contributed by atoms with E-state index in [1.165, 1.54) is 0 Å². The summed E-state index contributed by atoms with van der Waals surface area (Å²) < 4.78 is 4.20. The van der Waals surface area contributed by atoms with E-state index in [1.807, 2.05) is 105 Å². The highest BCUT2D eigenvalue weighted by Crippen LogP contribution is 2.46. The summed E-state index contributed by atoms with van der Waals surface area (Å²) in [6.07, 6.45) is 0. The van der Waals surface area contributed by atoms with Gasteiger partial charge in [0.25, 0.3) is 0 Å². The monoisotopic (exact) mass is 1040 g/mol. The zero-order valence-corrected chi connectivity index (χ0v) is 43.4. The standard InChI is InChI=1S/C69H33N13/c1-39-16-40(2)80-69(79-39)61-33-67(81-63-28-45(49-18-41(35-70)17-42(19-49)36-71)8-12-57(63)58-13-9-46(29-64(58)81)50-20-43(37-72)22-53(24-50)74-3)68(34-62(61)78-7)82-65-30-47(51-21-44(38-73)23-54(25-51)75-4)10-14-59(65)60-15-11-48(31-66(60)82)52-26-55(76-5)32-56(27-52)77-6/h8-34H,1-2H3. The highest BCUT2D eigenvalue weighted by atomic mass is 15.1. The average molecular weight is 1040 g/mol. The van der Waals surface area contributed by atoms with Crippen LogP contribution in [0.4, 0.5) is 28.4 Å². The van der Waals surface area contributed by atoms with Crippen molar-refractivity contribution < 1.29 is 0 Å². The van der Waals surface area contributed by atoms with E-state index in [-0.39, 0.29) is 5.69 Å². The first-order chi connectivity index (χ1) is 39.9. The van der Waals surface area contributed by atoms with Gasteiger partial charge in [0.15, 0.2) is 28.4 Å². The summed E-state index contributed by atoms with van der Waals surface area (Å²) in [5, 5.41) is 43.8. The molecule has 13 heteroatoms. The number of aromatic nitrogens is 4. The van der Waals surface area contributed by atoms with Gasteiger partial charge >= 0.3 is 0 Å². The Morgan fingerprint density at radius 2 is 0.671 bits per heavy atom. The number of aryl methyl sites for hydroxylation is 2. The topological polar surface area (TPSA) is 153 Å². The molecule has 0 N–H and O–H groups in total. The van der Waals surface area contributed by atoms with Gasteiger partial charge in [-0.3, -0.25) is 0 Å². The minimum Gasteiger partial charge on any atom is -0.308 e. The van der Waals surface area contributed by atoms with Crippen LogP contribution < -0.4 is 0 Å². The molecular weight excluding hydrogens is 1010 g/mol. The second-order valence-corrected chi connectivity index (χ2v) is 19.5. The third-order valence-electron chi connectivity index (χ3n) is 14.5. The molecule has 0 bridgehead atoms. The van der Waals surface area contributed by atoms with Gasteiger partial charge < -0.3 is 9.13 Å². The van der Waals surface area contributed by atoms with Crippen LogP contribution in [-0.4, -0.2) is 19.1 Å². The van der Waals surface area contributed by atoms with Crippen molar-refractivity contribution >= 4 is 72.0 Å². The maximum Gasteiger partial charge on any atom is 0.200 e. The minimum absolute atomic E-state index is 0.237. The number of fused-ring (bicyclic) bond motifs is 6. The molecule has 13 nitrogen and oxygen atoms in total. The van der Waals surface area contributed by atoms with Crippen LogP contribution in [0.5, 0.6) is 0 Å². The Hall–Kier alpha value is -12.9. The number of benzene rings is 9. The van der Waals surface area contributed by atoms with Gasteiger partial charge in [-0.15, -0.1) is 0 Å². The Labute approximate surface area is 469 Å². The van der Waals surface area contributed by atoms with Crippen molar-refractivity contribution in [3.8, 4) is 91.5 Å². The summed E-state index contributed by atoms with van der Waals surface area (Å²) in [5.41, 5.74) is 13.8. The minimum atomic E-state index is 0.237. The molecule has 0 aliphatic carbocycles. The Morgan fingerprint density at radius 3 is 1.02 bits per heavy atom. The lowest BCUT2D eigenvalue weighted by Crippen LogP contribution is -2.05. The highest BCUT2D eigenvalue weighted by Gasteiger charge is 2.25. The Kier molecular flexibility index (Phi) is 12.1. The van der Waals surface area contributed by atoms with Crippen LogP contribution in [-0.2, 0) is 0 Å². The number of hydrogen-bond acceptors (Lipinski definition) is 6. The van der Waals surface area contributed by atoms with Crippen LogP contribution in [0.1, 0.15) is 33.6 Å². The van der Waals surface area contributed by atoms with E-state index >= 15 is 0 Å². The van der Waals surface area contributed by atoms with Gasteiger partial charge in [0.1, 0.15) is 5.82 Å². The molecule has 0 amide bonds. The lowest BCUT2D eigenvalue weighted by atomic mass is 9.98. The molecule has 0 aliphatic heterocycles. The van der Waals surface area contributed by atoms with Crippen molar-refractivity contribution in [1.29, 1.82) is 21.0 Å². The van der Waals surface area contributed by atoms with Gasteiger partial charge in [0.2, 0.25) is 0 Å². The van der Waals surface area contributed by atoms with Gasteiger partial charge in [0.05, 0.1) is 102 Å². The second-order valence-electron chi connectivity index (χ2n) is 19.5. The van der Waals surface area contributed by atoms with Gasteiger partial charge in [-0.25, -0.2) is 34.2 Å². The number of nitriles is 4. The van der Waals surface area contributed by atoms with E-state index in [2.05, 4.69) is 57.6 Å². The Bertz CT molecular complexity index is 4840. The fraction of sp³-hybridized carbons (Fsp3) is 0.0290. The quantitative estimate of drug-likeness (QED) is 0.145. The SMILES string of the molecule is [C-]#[N+]c1cc(C#N)cc(-c2ccc3c4ccc(-c5cc([N+]#[C-])cc([N+]#[C-])c5)cc4n(-c4cc([N+]#[C-])c(-c5nc(C)cc(C)n5)cc4-n4c5cc(-c6cc(C#N)cc(C#N)c6)ccc5c5ccc(-c6cc(C#N)cc([N+]#[C-])c6)cc54)c3c2)c1. The van der Waals surface area contributed by atoms with Crippen molar-refractivity contribution in [2.24, 2.45) is 0 Å². The molecule has 82 heavy (non-hydrogen) atoms. The first kappa shape index (κ1) is 49.9.